The molecule has 0 aliphatic heterocycles. The molecule has 0 aliphatic rings. The van der Waals surface area contributed by atoms with Gasteiger partial charge in [0.05, 0.1) is 20.3 Å². The topological polar surface area (TPSA) is 55.4 Å². The quantitative estimate of drug-likeness (QED) is 0.818. The highest BCUT2D eigenvalue weighted by atomic mass is 79.9. The number of thiophene rings is 1. The maximum atomic E-state index is 12.0. The molecule has 0 radical (unpaired) electrons. The Morgan fingerprint density at radius 1 is 1.14 bits per heavy atom. The first-order valence-electron chi connectivity index (χ1n) is 6.33. The van der Waals surface area contributed by atoms with Gasteiger partial charge in [-0.15, -0.1) is 11.3 Å². The summed E-state index contributed by atoms with van der Waals surface area (Å²) in [6.45, 7) is 3.59. The van der Waals surface area contributed by atoms with E-state index in [2.05, 4.69) is 21.2 Å². The van der Waals surface area contributed by atoms with Crippen molar-refractivity contribution in [3.05, 3.63) is 50.6 Å². The number of rotatable bonds is 4. The van der Waals surface area contributed by atoms with Crippen molar-refractivity contribution < 1.29 is 14.3 Å². The van der Waals surface area contributed by atoms with E-state index in [0.717, 1.165) is 3.79 Å². The summed E-state index contributed by atoms with van der Waals surface area (Å²) < 4.78 is 6.00. The molecule has 2 rings (SSSR count). The second-order valence-corrected chi connectivity index (χ2v) is 7.05. The largest absolute Gasteiger partial charge is 0.459 e. The van der Waals surface area contributed by atoms with Crippen LogP contribution in [0.2, 0.25) is 0 Å². The Bertz CT molecular complexity index is 649. The average Bonchev–Trinajstić information content (AvgIpc) is 2.85. The number of carbonyl (C=O) groups excluding carboxylic acids is 2. The van der Waals surface area contributed by atoms with Gasteiger partial charge in [-0.2, -0.15) is 0 Å². The maximum Gasteiger partial charge on any atom is 0.338 e. The third kappa shape index (κ3) is 4.41. The Morgan fingerprint density at radius 2 is 1.81 bits per heavy atom. The Morgan fingerprint density at radius 3 is 2.33 bits per heavy atom. The van der Waals surface area contributed by atoms with Crippen molar-refractivity contribution in [3.63, 3.8) is 0 Å². The second-order valence-electron chi connectivity index (χ2n) is 4.59. The maximum absolute atomic E-state index is 12.0. The number of carbonyl (C=O) groups is 2. The first kappa shape index (κ1) is 15.7. The molecule has 0 fully saturated rings. The SMILES string of the molecule is CC(C)OC(=O)c1ccc(NC(=O)c2ccc(Br)s2)cc1. The summed E-state index contributed by atoms with van der Waals surface area (Å²) >= 11 is 4.68. The molecular formula is C15H14BrNO3S. The van der Waals surface area contributed by atoms with E-state index in [1.54, 1.807) is 44.2 Å². The molecule has 6 heteroatoms. The lowest BCUT2D eigenvalue weighted by molar-refractivity contribution is 0.0378. The van der Waals surface area contributed by atoms with Gasteiger partial charge in [0.25, 0.3) is 5.91 Å². The highest BCUT2D eigenvalue weighted by Crippen LogP contribution is 2.23. The van der Waals surface area contributed by atoms with Gasteiger partial charge in [0.1, 0.15) is 0 Å². The molecular weight excluding hydrogens is 354 g/mol. The van der Waals surface area contributed by atoms with Gasteiger partial charge in [0.2, 0.25) is 0 Å². The summed E-state index contributed by atoms with van der Waals surface area (Å²) in [7, 11) is 0. The highest BCUT2D eigenvalue weighted by molar-refractivity contribution is 9.11. The molecule has 0 saturated carbocycles. The van der Waals surface area contributed by atoms with Crippen LogP contribution in [0.1, 0.15) is 33.9 Å². The van der Waals surface area contributed by atoms with Crippen molar-refractivity contribution in [2.24, 2.45) is 0 Å². The predicted molar refractivity (Wildman–Crippen MR) is 87.0 cm³/mol. The Labute approximate surface area is 135 Å². The molecule has 0 saturated heterocycles. The number of ether oxygens (including phenoxy) is 1. The van der Waals surface area contributed by atoms with Crippen molar-refractivity contribution in [1.29, 1.82) is 0 Å². The minimum Gasteiger partial charge on any atom is -0.459 e. The van der Waals surface area contributed by atoms with E-state index in [4.69, 9.17) is 4.74 Å². The van der Waals surface area contributed by atoms with Gasteiger partial charge in [0.15, 0.2) is 0 Å². The van der Waals surface area contributed by atoms with Crippen LogP contribution in [0.4, 0.5) is 5.69 Å². The molecule has 2 aromatic rings. The lowest BCUT2D eigenvalue weighted by Crippen LogP contribution is -2.12. The Kier molecular flexibility index (Phi) is 5.14. The molecule has 0 spiro atoms. The number of esters is 1. The molecule has 0 bridgehead atoms. The molecule has 110 valence electrons. The summed E-state index contributed by atoms with van der Waals surface area (Å²) in [6.07, 6.45) is -0.158. The van der Waals surface area contributed by atoms with Crippen LogP contribution in [0.5, 0.6) is 0 Å². The minimum absolute atomic E-state index is 0.158. The summed E-state index contributed by atoms with van der Waals surface area (Å²) in [6, 6.07) is 10.2. The van der Waals surface area contributed by atoms with Crippen molar-refractivity contribution in [2.45, 2.75) is 20.0 Å². The van der Waals surface area contributed by atoms with E-state index in [-0.39, 0.29) is 18.0 Å². The number of nitrogens with one attached hydrogen (secondary N) is 1. The molecule has 1 aromatic heterocycles. The summed E-state index contributed by atoms with van der Waals surface area (Å²) in [5.41, 5.74) is 1.09. The number of anilines is 1. The molecule has 4 nitrogen and oxygen atoms in total. The van der Waals surface area contributed by atoms with Crippen molar-refractivity contribution in [2.75, 3.05) is 5.32 Å². The van der Waals surface area contributed by atoms with Crippen molar-refractivity contribution >= 4 is 44.8 Å². The fourth-order valence-corrected chi connectivity index (χ4v) is 2.88. The van der Waals surface area contributed by atoms with Gasteiger partial charge in [-0.25, -0.2) is 4.79 Å². The molecule has 1 amide bonds. The van der Waals surface area contributed by atoms with E-state index >= 15 is 0 Å². The number of hydrogen-bond donors (Lipinski definition) is 1. The van der Waals surface area contributed by atoms with E-state index in [1.165, 1.54) is 11.3 Å². The zero-order valence-corrected chi connectivity index (χ0v) is 14.0. The van der Waals surface area contributed by atoms with Crippen LogP contribution < -0.4 is 5.32 Å². The van der Waals surface area contributed by atoms with Gasteiger partial charge in [-0.3, -0.25) is 4.79 Å². The predicted octanol–water partition coefficient (Wildman–Crippen LogP) is 4.33. The zero-order valence-electron chi connectivity index (χ0n) is 11.6. The third-order valence-electron chi connectivity index (χ3n) is 2.52. The first-order valence-corrected chi connectivity index (χ1v) is 7.94. The molecule has 0 aliphatic carbocycles. The van der Waals surface area contributed by atoms with Gasteiger partial charge in [0, 0.05) is 5.69 Å². The zero-order chi connectivity index (χ0) is 15.4. The third-order valence-corrected chi connectivity index (χ3v) is 4.14. The lowest BCUT2D eigenvalue weighted by atomic mass is 10.2. The van der Waals surface area contributed by atoms with Crippen LogP contribution in [0, 0.1) is 0 Å². The van der Waals surface area contributed by atoms with Crippen LogP contribution in [-0.4, -0.2) is 18.0 Å². The summed E-state index contributed by atoms with van der Waals surface area (Å²) in [5.74, 6) is -0.548. The van der Waals surface area contributed by atoms with Crippen LogP contribution in [-0.2, 0) is 4.74 Å². The fourth-order valence-electron chi connectivity index (χ4n) is 1.60. The first-order chi connectivity index (χ1) is 9.95. The van der Waals surface area contributed by atoms with E-state index < -0.39 is 0 Å². The summed E-state index contributed by atoms with van der Waals surface area (Å²) in [5, 5.41) is 2.78. The van der Waals surface area contributed by atoms with Crippen LogP contribution in [0.15, 0.2) is 40.2 Å². The number of benzene rings is 1. The van der Waals surface area contributed by atoms with E-state index in [1.807, 2.05) is 6.07 Å². The average molecular weight is 368 g/mol. The Balaban J connectivity index is 2.02. The second kappa shape index (κ2) is 6.87. The van der Waals surface area contributed by atoms with Gasteiger partial charge in [-0.05, 0) is 66.2 Å². The highest BCUT2D eigenvalue weighted by Gasteiger charge is 2.11. The summed E-state index contributed by atoms with van der Waals surface area (Å²) in [4.78, 5) is 24.3. The van der Waals surface area contributed by atoms with Crippen LogP contribution >= 0.6 is 27.3 Å². The minimum atomic E-state index is -0.370. The molecule has 0 atom stereocenters. The standard InChI is InChI=1S/C15H14BrNO3S/c1-9(2)20-15(19)10-3-5-11(6-4-10)17-14(18)12-7-8-13(16)21-12/h3-9H,1-2H3,(H,17,18). The van der Waals surface area contributed by atoms with E-state index in [0.29, 0.717) is 16.1 Å². The van der Waals surface area contributed by atoms with Gasteiger partial charge in [-0.1, -0.05) is 0 Å². The molecule has 1 aromatic carbocycles. The van der Waals surface area contributed by atoms with E-state index in [9.17, 15) is 9.59 Å². The Hall–Kier alpha value is -1.66. The van der Waals surface area contributed by atoms with Gasteiger partial charge >= 0.3 is 5.97 Å². The molecule has 1 heterocycles. The normalized spacial score (nSPS) is 10.5. The van der Waals surface area contributed by atoms with Gasteiger partial charge < -0.3 is 10.1 Å². The smallest absolute Gasteiger partial charge is 0.338 e. The fraction of sp³-hybridized carbons (Fsp3) is 0.200. The monoisotopic (exact) mass is 367 g/mol. The lowest BCUT2D eigenvalue weighted by Gasteiger charge is -2.08. The van der Waals surface area contributed by atoms with Crippen LogP contribution in [0.3, 0.4) is 0 Å². The number of hydrogen-bond acceptors (Lipinski definition) is 4. The number of halogens is 1. The van der Waals surface area contributed by atoms with Crippen molar-refractivity contribution in [1.82, 2.24) is 0 Å². The molecule has 1 N–H and O–H groups in total. The molecule has 21 heavy (non-hydrogen) atoms. The van der Waals surface area contributed by atoms with Crippen molar-refractivity contribution in [3.8, 4) is 0 Å². The number of amides is 1. The van der Waals surface area contributed by atoms with Crippen LogP contribution in [0.25, 0.3) is 0 Å². The molecule has 0 unspecified atom stereocenters.